The van der Waals surface area contributed by atoms with E-state index in [2.05, 4.69) is 5.10 Å². The van der Waals surface area contributed by atoms with Crippen LogP contribution in [-0.2, 0) is 11.8 Å². The molecule has 0 radical (unpaired) electrons. The largest absolute Gasteiger partial charge is 0.480 e. The molecule has 2 heterocycles. The maximum atomic E-state index is 12.7. The molecule has 1 aliphatic carbocycles. The second-order valence-electron chi connectivity index (χ2n) is 5.50. The van der Waals surface area contributed by atoms with Crippen LogP contribution < -0.4 is 0 Å². The van der Waals surface area contributed by atoms with Gasteiger partial charge in [-0.2, -0.15) is 5.10 Å². The van der Waals surface area contributed by atoms with Crippen LogP contribution in [0.1, 0.15) is 35.1 Å². The van der Waals surface area contributed by atoms with Crippen LogP contribution in [-0.4, -0.2) is 43.7 Å². The van der Waals surface area contributed by atoms with Gasteiger partial charge in [0.05, 0.1) is 10.6 Å². The molecule has 7 heteroatoms. The molecule has 1 unspecified atom stereocenters. The van der Waals surface area contributed by atoms with Crippen LogP contribution in [0.3, 0.4) is 0 Å². The Labute approximate surface area is 126 Å². The Balaban J connectivity index is 1.97. The fraction of sp³-hybridized carbons (Fsp3) is 0.500. The van der Waals surface area contributed by atoms with E-state index in [4.69, 9.17) is 0 Å². The molecule has 0 aromatic carbocycles. The monoisotopic (exact) mass is 307 g/mol. The number of carbonyl (C=O) groups excluding carboxylic acids is 1. The van der Waals surface area contributed by atoms with Crippen molar-refractivity contribution >= 4 is 33.4 Å². The molecule has 2 aromatic heterocycles. The van der Waals surface area contributed by atoms with Crippen LogP contribution >= 0.6 is 11.3 Å². The molecule has 1 aliphatic rings. The molecular formula is C14H17N3O3S. The number of amides is 1. The minimum absolute atomic E-state index is 0.0630. The lowest BCUT2D eigenvalue weighted by atomic mass is 10.2. The fourth-order valence-electron chi connectivity index (χ4n) is 2.57. The van der Waals surface area contributed by atoms with Crippen molar-refractivity contribution in [2.75, 3.05) is 0 Å². The zero-order chi connectivity index (χ0) is 15.3. The molecule has 1 atom stereocenters. The highest BCUT2D eigenvalue weighted by atomic mass is 32.1. The Morgan fingerprint density at radius 3 is 2.71 bits per heavy atom. The zero-order valence-corrected chi connectivity index (χ0v) is 13.0. The SMILES string of the molecule is Cc1nn(C)c2sc(C(=O)N(C3CC3)C(C)C(=O)O)cc12. The number of rotatable bonds is 4. The Hall–Kier alpha value is -1.89. The molecule has 1 fully saturated rings. The van der Waals surface area contributed by atoms with Crippen LogP contribution in [0, 0.1) is 6.92 Å². The Kier molecular flexibility index (Phi) is 3.24. The summed E-state index contributed by atoms with van der Waals surface area (Å²) in [6.45, 7) is 3.47. The van der Waals surface area contributed by atoms with Crippen LogP contribution in [0.4, 0.5) is 0 Å². The molecule has 21 heavy (non-hydrogen) atoms. The molecule has 1 saturated carbocycles. The second kappa shape index (κ2) is 4.84. The van der Waals surface area contributed by atoms with Gasteiger partial charge in [0.2, 0.25) is 0 Å². The minimum Gasteiger partial charge on any atom is -0.480 e. The second-order valence-corrected chi connectivity index (χ2v) is 6.53. The number of nitrogens with zero attached hydrogens (tertiary/aromatic N) is 3. The first-order chi connectivity index (χ1) is 9.90. The summed E-state index contributed by atoms with van der Waals surface area (Å²) < 4.78 is 1.76. The molecule has 6 nitrogen and oxygen atoms in total. The molecule has 3 rings (SSSR count). The van der Waals surface area contributed by atoms with Crippen molar-refractivity contribution in [2.45, 2.75) is 38.8 Å². The highest BCUT2D eigenvalue weighted by Crippen LogP contribution is 2.34. The number of aliphatic carboxylic acids is 1. The van der Waals surface area contributed by atoms with Gasteiger partial charge >= 0.3 is 5.97 Å². The summed E-state index contributed by atoms with van der Waals surface area (Å²) in [7, 11) is 1.85. The molecule has 0 spiro atoms. The quantitative estimate of drug-likeness (QED) is 0.937. The summed E-state index contributed by atoms with van der Waals surface area (Å²) in [5.41, 5.74) is 0.882. The van der Waals surface area contributed by atoms with E-state index >= 15 is 0 Å². The number of fused-ring (bicyclic) bond motifs is 1. The lowest BCUT2D eigenvalue weighted by Gasteiger charge is -2.25. The number of carboxylic acids is 1. The van der Waals surface area contributed by atoms with Gasteiger partial charge in [-0.15, -0.1) is 11.3 Å². The van der Waals surface area contributed by atoms with Gasteiger partial charge in [0.1, 0.15) is 10.9 Å². The fourth-order valence-corrected chi connectivity index (χ4v) is 3.63. The van der Waals surface area contributed by atoms with E-state index in [0.717, 1.165) is 28.8 Å². The number of carboxylic acid groups (broad SMARTS) is 1. The van der Waals surface area contributed by atoms with Crippen molar-refractivity contribution in [3.8, 4) is 0 Å². The number of hydrogen-bond donors (Lipinski definition) is 1. The Bertz CT molecular complexity index is 695. The summed E-state index contributed by atoms with van der Waals surface area (Å²) in [4.78, 5) is 27.0. The lowest BCUT2D eigenvalue weighted by Crippen LogP contribution is -2.44. The van der Waals surface area contributed by atoms with Gasteiger partial charge in [-0.05, 0) is 32.8 Å². The summed E-state index contributed by atoms with van der Waals surface area (Å²) in [6, 6.07) is 1.09. The molecule has 0 saturated heterocycles. The first-order valence-electron chi connectivity index (χ1n) is 6.88. The topological polar surface area (TPSA) is 75.4 Å². The number of carbonyl (C=O) groups is 2. The summed E-state index contributed by atoms with van der Waals surface area (Å²) in [6.07, 6.45) is 1.77. The van der Waals surface area contributed by atoms with Crippen LogP contribution in [0.15, 0.2) is 6.07 Å². The molecule has 0 aliphatic heterocycles. The van der Waals surface area contributed by atoms with Crippen LogP contribution in [0.5, 0.6) is 0 Å². The lowest BCUT2D eigenvalue weighted by molar-refractivity contribution is -0.141. The van der Waals surface area contributed by atoms with E-state index in [-0.39, 0.29) is 11.9 Å². The highest BCUT2D eigenvalue weighted by molar-refractivity contribution is 7.20. The zero-order valence-electron chi connectivity index (χ0n) is 12.2. The number of aryl methyl sites for hydroxylation is 2. The van der Waals surface area contributed by atoms with Gasteiger partial charge in [-0.1, -0.05) is 0 Å². The number of hydrogen-bond acceptors (Lipinski definition) is 4. The third-order valence-corrected chi connectivity index (χ3v) is 5.05. The smallest absolute Gasteiger partial charge is 0.326 e. The predicted octanol–water partition coefficient (Wildman–Crippen LogP) is 2.02. The minimum atomic E-state index is -0.964. The molecular weight excluding hydrogens is 290 g/mol. The third kappa shape index (κ3) is 2.31. The van der Waals surface area contributed by atoms with Crippen molar-refractivity contribution in [3.05, 3.63) is 16.6 Å². The molecule has 1 N–H and O–H groups in total. The van der Waals surface area contributed by atoms with E-state index < -0.39 is 12.0 Å². The van der Waals surface area contributed by atoms with Gasteiger partial charge in [0.25, 0.3) is 5.91 Å². The molecule has 0 bridgehead atoms. The van der Waals surface area contributed by atoms with E-state index in [1.165, 1.54) is 16.2 Å². The normalized spacial score (nSPS) is 16.1. The van der Waals surface area contributed by atoms with E-state index in [0.29, 0.717) is 4.88 Å². The predicted molar refractivity (Wildman–Crippen MR) is 79.6 cm³/mol. The van der Waals surface area contributed by atoms with Crippen molar-refractivity contribution in [1.82, 2.24) is 14.7 Å². The molecule has 1 amide bonds. The molecule has 2 aromatic rings. The van der Waals surface area contributed by atoms with Crippen molar-refractivity contribution < 1.29 is 14.7 Å². The highest BCUT2D eigenvalue weighted by Gasteiger charge is 2.39. The third-order valence-electron chi connectivity index (χ3n) is 3.86. The van der Waals surface area contributed by atoms with Gasteiger partial charge in [0, 0.05) is 18.5 Å². The van der Waals surface area contributed by atoms with Gasteiger partial charge in [0.15, 0.2) is 0 Å². The van der Waals surface area contributed by atoms with Crippen LogP contribution in [0.25, 0.3) is 10.2 Å². The van der Waals surface area contributed by atoms with Crippen molar-refractivity contribution in [2.24, 2.45) is 7.05 Å². The molecule has 112 valence electrons. The Morgan fingerprint density at radius 2 is 2.19 bits per heavy atom. The average Bonchev–Trinajstić information content (AvgIpc) is 3.07. The first kappa shape index (κ1) is 14.1. The van der Waals surface area contributed by atoms with Crippen LogP contribution in [0.2, 0.25) is 0 Å². The van der Waals surface area contributed by atoms with Gasteiger partial charge in [-0.25, -0.2) is 4.79 Å². The summed E-state index contributed by atoms with van der Waals surface area (Å²) in [5.74, 6) is -1.15. The van der Waals surface area contributed by atoms with E-state index in [1.807, 2.05) is 20.0 Å². The Morgan fingerprint density at radius 1 is 1.52 bits per heavy atom. The van der Waals surface area contributed by atoms with E-state index in [1.54, 1.807) is 11.6 Å². The number of aromatic nitrogens is 2. The van der Waals surface area contributed by atoms with Gasteiger partial charge in [-0.3, -0.25) is 9.48 Å². The average molecular weight is 307 g/mol. The number of thiophene rings is 1. The first-order valence-corrected chi connectivity index (χ1v) is 7.70. The maximum absolute atomic E-state index is 12.7. The standard InChI is InChI=1S/C14H17N3O3S/c1-7-10-6-11(21-13(10)16(3)15-7)12(18)17(9-4-5-9)8(2)14(19)20/h6,8-9H,4-5H2,1-3H3,(H,19,20). The maximum Gasteiger partial charge on any atom is 0.326 e. The van der Waals surface area contributed by atoms with Crippen molar-refractivity contribution in [1.29, 1.82) is 0 Å². The summed E-state index contributed by atoms with van der Waals surface area (Å²) >= 11 is 1.37. The van der Waals surface area contributed by atoms with Crippen molar-refractivity contribution in [3.63, 3.8) is 0 Å². The van der Waals surface area contributed by atoms with E-state index in [9.17, 15) is 14.7 Å². The van der Waals surface area contributed by atoms with Gasteiger partial charge < -0.3 is 10.0 Å². The summed E-state index contributed by atoms with van der Waals surface area (Å²) in [5, 5.41) is 14.5.